The minimum Gasteiger partial charge on any atom is -0.379 e. The van der Waals surface area contributed by atoms with Crippen LogP contribution in [0.4, 0.5) is 0 Å². The van der Waals surface area contributed by atoms with Crippen molar-refractivity contribution in [3.63, 3.8) is 0 Å². The average molecular weight is 324 g/mol. The number of nitrogens with one attached hydrogen (secondary N) is 1. The number of ether oxygens (including phenoxy) is 1. The molecule has 1 atom stereocenters. The SMILES string of the molecule is Cc1c(C(=O)NC2CCCOC2)csc1S(=O)(=O)Cl. The van der Waals surface area contributed by atoms with Crippen LogP contribution in [0, 0.1) is 6.92 Å². The highest BCUT2D eigenvalue weighted by molar-refractivity contribution is 8.15. The molecule has 1 N–H and O–H groups in total. The number of amides is 1. The lowest BCUT2D eigenvalue weighted by Crippen LogP contribution is -2.40. The highest BCUT2D eigenvalue weighted by Gasteiger charge is 2.24. The lowest BCUT2D eigenvalue weighted by Gasteiger charge is -2.23. The molecule has 1 aliphatic heterocycles. The first-order valence-corrected chi connectivity index (χ1v) is 9.00. The Bertz CT molecular complexity index is 576. The number of hydrogen-bond acceptors (Lipinski definition) is 5. The molecule has 0 aromatic carbocycles. The molecule has 2 rings (SSSR count). The van der Waals surface area contributed by atoms with Crippen LogP contribution >= 0.6 is 22.0 Å². The average Bonchev–Trinajstić information content (AvgIpc) is 2.72. The van der Waals surface area contributed by atoms with Crippen LogP contribution in [0.5, 0.6) is 0 Å². The van der Waals surface area contributed by atoms with Crippen LogP contribution in [0.15, 0.2) is 9.59 Å². The highest BCUT2D eigenvalue weighted by Crippen LogP contribution is 2.29. The molecule has 8 heteroatoms. The molecular weight excluding hydrogens is 310 g/mol. The number of hydrogen-bond donors (Lipinski definition) is 1. The molecule has 0 radical (unpaired) electrons. The molecule has 0 saturated carbocycles. The molecule has 0 aliphatic carbocycles. The molecule has 1 unspecified atom stereocenters. The van der Waals surface area contributed by atoms with E-state index < -0.39 is 9.05 Å². The summed E-state index contributed by atoms with van der Waals surface area (Å²) in [6.07, 6.45) is 1.78. The molecular formula is C11H14ClNO4S2. The van der Waals surface area contributed by atoms with E-state index in [0.29, 0.717) is 17.7 Å². The number of halogens is 1. The van der Waals surface area contributed by atoms with Crippen molar-refractivity contribution in [2.75, 3.05) is 13.2 Å². The standard InChI is InChI=1S/C11H14ClNO4S2/c1-7-9(6-18-11(7)19(12,15)16)10(14)13-8-3-2-4-17-5-8/h6,8H,2-5H2,1H3,(H,13,14). The molecule has 1 fully saturated rings. The summed E-state index contributed by atoms with van der Waals surface area (Å²) in [6, 6.07) is -0.0170. The molecule has 5 nitrogen and oxygen atoms in total. The van der Waals surface area contributed by atoms with Crippen molar-refractivity contribution < 1.29 is 17.9 Å². The molecule has 1 aliphatic rings. The summed E-state index contributed by atoms with van der Waals surface area (Å²) in [5.41, 5.74) is 0.754. The van der Waals surface area contributed by atoms with E-state index in [9.17, 15) is 13.2 Å². The summed E-state index contributed by atoms with van der Waals surface area (Å²) < 4.78 is 27.9. The van der Waals surface area contributed by atoms with Gasteiger partial charge in [0.2, 0.25) is 0 Å². The largest absolute Gasteiger partial charge is 0.379 e. The van der Waals surface area contributed by atoms with E-state index >= 15 is 0 Å². The molecule has 0 spiro atoms. The number of thiophene rings is 1. The van der Waals surface area contributed by atoms with Gasteiger partial charge < -0.3 is 10.1 Å². The second kappa shape index (κ2) is 5.78. The predicted octanol–water partition coefficient (Wildman–Crippen LogP) is 1.89. The third kappa shape index (κ3) is 3.47. The summed E-state index contributed by atoms with van der Waals surface area (Å²) in [4.78, 5) is 12.1. The number of carbonyl (C=O) groups is 1. The minimum absolute atomic E-state index is 0.0170. The summed E-state index contributed by atoms with van der Waals surface area (Å²) in [5, 5.41) is 4.36. The fourth-order valence-corrected chi connectivity index (χ4v) is 4.53. The number of carbonyl (C=O) groups excluding carboxylic acids is 1. The molecule has 1 aromatic rings. The van der Waals surface area contributed by atoms with Crippen molar-refractivity contribution >= 4 is 37.0 Å². The first-order chi connectivity index (χ1) is 8.89. The van der Waals surface area contributed by atoms with Crippen LogP contribution in [0.3, 0.4) is 0 Å². The van der Waals surface area contributed by atoms with E-state index in [4.69, 9.17) is 15.4 Å². The van der Waals surface area contributed by atoms with Crippen LogP contribution in [0.2, 0.25) is 0 Å². The Morgan fingerprint density at radius 1 is 1.58 bits per heavy atom. The van der Waals surface area contributed by atoms with Gasteiger partial charge in [-0.25, -0.2) is 8.42 Å². The third-order valence-corrected chi connectivity index (χ3v) is 6.26. The van der Waals surface area contributed by atoms with E-state index in [-0.39, 0.29) is 16.2 Å². The quantitative estimate of drug-likeness (QED) is 0.862. The topological polar surface area (TPSA) is 72.5 Å². The van der Waals surface area contributed by atoms with Crippen molar-refractivity contribution in [1.29, 1.82) is 0 Å². The Kier molecular flexibility index (Phi) is 4.50. The van der Waals surface area contributed by atoms with Crippen LogP contribution in [0.25, 0.3) is 0 Å². The van der Waals surface area contributed by atoms with E-state index in [0.717, 1.165) is 30.8 Å². The van der Waals surface area contributed by atoms with Gasteiger partial charge in [-0.15, -0.1) is 11.3 Å². The lowest BCUT2D eigenvalue weighted by atomic mass is 10.1. The van der Waals surface area contributed by atoms with Gasteiger partial charge in [0, 0.05) is 22.7 Å². The fourth-order valence-electron chi connectivity index (χ4n) is 1.98. The Morgan fingerprint density at radius 2 is 2.32 bits per heavy atom. The van der Waals surface area contributed by atoms with Gasteiger partial charge in [-0.05, 0) is 25.3 Å². The summed E-state index contributed by atoms with van der Waals surface area (Å²) >= 11 is 0.961. The second-order valence-electron chi connectivity index (χ2n) is 4.39. The van der Waals surface area contributed by atoms with Gasteiger partial charge in [0.1, 0.15) is 4.21 Å². The van der Waals surface area contributed by atoms with Gasteiger partial charge in [-0.2, -0.15) is 0 Å². The first-order valence-electron chi connectivity index (χ1n) is 5.81. The maximum absolute atomic E-state index is 12.1. The fraction of sp³-hybridized carbons (Fsp3) is 0.545. The normalized spacial score (nSPS) is 20.2. The summed E-state index contributed by atoms with van der Waals surface area (Å²) in [5.74, 6) is -0.282. The van der Waals surface area contributed by atoms with Crippen LogP contribution in [-0.2, 0) is 13.8 Å². The van der Waals surface area contributed by atoms with E-state index in [1.54, 1.807) is 6.92 Å². The highest BCUT2D eigenvalue weighted by atomic mass is 35.7. The molecule has 1 saturated heterocycles. The van der Waals surface area contributed by atoms with E-state index in [1.807, 2.05) is 0 Å². The van der Waals surface area contributed by atoms with E-state index in [2.05, 4.69) is 5.32 Å². The van der Waals surface area contributed by atoms with Crippen LogP contribution in [0.1, 0.15) is 28.8 Å². The Morgan fingerprint density at radius 3 is 2.84 bits per heavy atom. The van der Waals surface area contributed by atoms with Crippen molar-refractivity contribution in [2.24, 2.45) is 0 Å². The monoisotopic (exact) mass is 323 g/mol. The maximum Gasteiger partial charge on any atom is 0.271 e. The Hall–Kier alpha value is -0.630. The third-order valence-electron chi connectivity index (χ3n) is 2.96. The van der Waals surface area contributed by atoms with E-state index in [1.165, 1.54) is 5.38 Å². The van der Waals surface area contributed by atoms with Gasteiger partial charge in [-0.1, -0.05) is 0 Å². The Balaban J connectivity index is 2.13. The smallest absolute Gasteiger partial charge is 0.271 e. The zero-order valence-corrected chi connectivity index (χ0v) is 12.7. The summed E-state index contributed by atoms with van der Waals surface area (Å²) in [6.45, 7) is 2.80. The molecule has 1 amide bonds. The van der Waals surface area contributed by atoms with Gasteiger partial charge in [0.25, 0.3) is 15.0 Å². The van der Waals surface area contributed by atoms with Crippen molar-refractivity contribution in [1.82, 2.24) is 5.32 Å². The predicted molar refractivity (Wildman–Crippen MR) is 73.4 cm³/mol. The Labute approximate surface area is 120 Å². The molecule has 0 bridgehead atoms. The lowest BCUT2D eigenvalue weighted by molar-refractivity contribution is 0.0624. The molecule has 106 valence electrons. The van der Waals surface area contributed by atoms with Gasteiger partial charge in [0.05, 0.1) is 18.2 Å². The minimum atomic E-state index is -3.79. The molecule has 19 heavy (non-hydrogen) atoms. The zero-order valence-electron chi connectivity index (χ0n) is 10.3. The zero-order chi connectivity index (χ0) is 14.0. The summed E-state index contributed by atoms with van der Waals surface area (Å²) in [7, 11) is 1.51. The van der Waals surface area contributed by atoms with Gasteiger partial charge in [-0.3, -0.25) is 4.79 Å². The molecule has 1 aromatic heterocycles. The van der Waals surface area contributed by atoms with Crippen molar-refractivity contribution in [2.45, 2.75) is 30.0 Å². The molecule has 2 heterocycles. The van der Waals surface area contributed by atoms with Gasteiger partial charge in [0.15, 0.2) is 0 Å². The first kappa shape index (κ1) is 14.8. The van der Waals surface area contributed by atoms with Crippen molar-refractivity contribution in [3.05, 3.63) is 16.5 Å². The second-order valence-corrected chi connectivity index (χ2v) is 8.03. The van der Waals surface area contributed by atoms with Crippen LogP contribution in [-0.4, -0.2) is 33.6 Å². The maximum atomic E-state index is 12.1. The van der Waals surface area contributed by atoms with Gasteiger partial charge >= 0.3 is 0 Å². The van der Waals surface area contributed by atoms with Crippen molar-refractivity contribution in [3.8, 4) is 0 Å². The van der Waals surface area contributed by atoms with Crippen LogP contribution < -0.4 is 5.32 Å². The number of rotatable bonds is 3.